The fourth-order valence-electron chi connectivity index (χ4n) is 3.97. The summed E-state index contributed by atoms with van der Waals surface area (Å²) in [6.45, 7) is 3.52. The second-order valence-corrected chi connectivity index (χ2v) is 7.57. The van der Waals surface area contributed by atoms with Gasteiger partial charge in [0, 0.05) is 24.6 Å². The van der Waals surface area contributed by atoms with Gasteiger partial charge < -0.3 is 15.2 Å². The lowest BCUT2D eigenvalue weighted by Crippen LogP contribution is -2.30. The molecule has 0 spiro atoms. The van der Waals surface area contributed by atoms with Crippen molar-refractivity contribution in [1.82, 2.24) is 10.1 Å². The van der Waals surface area contributed by atoms with E-state index in [-0.39, 0.29) is 30.2 Å². The highest BCUT2D eigenvalue weighted by Gasteiger charge is 2.37. The molecular formula is C22H23Cl2N3O2. The summed E-state index contributed by atoms with van der Waals surface area (Å²) >= 11 is 6.33. The molecule has 0 radical (unpaired) electrons. The normalized spacial score (nSPS) is 18.5. The lowest BCUT2D eigenvalue weighted by atomic mass is 9.89. The third kappa shape index (κ3) is 4.04. The summed E-state index contributed by atoms with van der Waals surface area (Å²) in [5, 5.41) is 4.66. The predicted molar refractivity (Wildman–Crippen MR) is 117 cm³/mol. The maximum Gasteiger partial charge on any atom is 0.259 e. The topological polar surface area (TPSA) is 72.4 Å². The standard InChI is InChI=1S/C22H22ClN3O2.ClH/c1-14-20(21(25-28-14)17-9-5-6-10-19(17)23)22(27)26-12-16(11-24)18(13-26)15-7-3-2-4-8-15;/h2-10,16,18H,11-13,24H2,1H3;1H/t16-,18+;/m1./s1. The number of halogens is 2. The number of likely N-dealkylation sites (tertiary alicyclic amines) is 1. The number of nitrogens with two attached hydrogens (primary N) is 1. The molecule has 1 amide bonds. The first kappa shape index (κ1) is 21.4. The quantitative estimate of drug-likeness (QED) is 0.657. The van der Waals surface area contributed by atoms with Gasteiger partial charge in [0.15, 0.2) is 0 Å². The molecule has 1 aliphatic heterocycles. The van der Waals surface area contributed by atoms with Crippen LogP contribution in [0.2, 0.25) is 5.02 Å². The van der Waals surface area contributed by atoms with Crippen molar-refractivity contribution in [3.63, 3.8) is 0 Å². The fraction of sp³-hybridized carbons (Fsp3) is 0.273. The summed E-state index contributed by atoms with van der Waals surface area (Å²) < 4.78 is 5.37. The van der Waals surface area contributed by atoms with Gasteiger partial charge in [-0.3, -0.25) is 4.79 Å². The molecule has 2 N–H and O–H groups in total. The van der Waals surface area contributed by atoms with Crippen LogP contribution in [0.15, 0.2) is 59.1 Å². The molecule has 1 aliphatic rings. The van der Waals surface area contributed by atoms with Crippen LogP contribution in [0.1, 0.15) is 27.6 Å². The van der Waals surface area contributed by atoms with E-state index in [0.29, 0.717) is 47.2 Å². The predicted octanol–water partition coefficient (Wildman–Crippen LogP) is 4.54. The first-order chi connectivity index (χ1) is 13.6. The van der Waals surface area contributed by atoms with Crippen LogP contribution in [0.25, 0.3) is 11.3 Å². The van der Waals surface area contributed by atoms with Crippen molar-refractivity contribution < 1.29 is 9.32 Å². The van der Waals surface area contributed by atoms with E-state index in [0.717, 1.165) is 0 Å². The number of carbonyl (C=O) groups excluding carboxylic acids is 1. The van der Waals surface area contributed by atoms with Gasteiger partial charge >= 0.3 is 0 Å². The van der Waals surface area contributed by atoms with Crippen LogP contribution in [-0.4, -0.2) is 35.6 Å². The number of rotatable bonds is 4. The van der Waals surface area contributed by atoms with Crippen LogP contribution >= 0.6 is 24.0 Å². The number of hydrogen-bond acceptors (Lipinski definition) is 4. The molecule has 0 aliphatic carbocycles. The van der Waals surface area contributed by atoms with E-state index < -0.39 is 0 Å². The summed E-state index contributed by atoms with van der Waals surface area (Å²) in [7, 11) is 0. The van der Waals surface area contributed by atoms with Crippen LogP contribution in [0.4, 0.5) is 0 Å². The van der Waals surface area contributed by atoms with E-state index >= 15 is 0 Å². The molecule has 152 valence electrons. The maximum atomic E-state index is 13.4. The minimum Gasteiger partial charge on any atom is -0.360 e. The number of aromatic nitrogens is 1. The van der Waals surface area contributed by atoms with Gasteiger partial charge in [0.1, 0.15) is 17.0 Å². The summed E-state index contributed by atoms with van der Waals surface area (Å²) in [6.07, 6.45) is 0. The van der Waals surface area contributed by atoms with E-state index in [1.54, 1.807) is 13.0 Å². The first-order valence-electron chi connectivity index (χ1n) is 9.35. The monoisotopic (exact) mass is 431 g/mol. The van der Waals surface area contributed by atoms with Gasteiger partial charge in [0.05, 0.1) is 5.02 Å². The van der Waals surface area contributed by atoms with Crippen molar-refractivity contribution in [3.8, 4) is 11.3 Å². The number of carbonyl (C=O) groups is 1. The molecule has 2 aromatic carbocycles. The Kier molecular flexibility index (Phi) is 6.63. The van der Waals surface area contributed by atoms with Crippen LogP contribution < -0.4 is 5.73 Å². The second kappa shape index (κ2) is 8.99. The highest BCUT2D eigenvalue weighted by molar-refractivity contribution is 6.33. The Bertz CT molecular complexity index is 991. The minimum absolute atomic E-state index is 0. The highest BCUT2D eigenvalue weighted by Crippen LogP contribution is 2.36. The molecule has 5 nitrogen and oxygen atoms in total. The molecule has 2 heterocycles. The van der Waals surface area contributed by atoms with Gasteiger partial charge in [-0.1, -0.05) is 65.3 Å². The Labute approximate surface area is 181 Å². The third-order valence-corrected chi connectivity index (χ3v) is 5.79. The Morgan fingerprint density at radius 3 is 2.55 bits per heavy atom. The Morgan fingerprint density at radius 2 is 1.86 bits per heavy atom. The number of aryl methyl sites for hydroxylation is 1. The van der Waals surface area contributed by atoms with Gasteiger partial charge in [-0.25, -0.2) is 0 Å². The zero-order chi connectivity index (χ0) is 19.7. The molecule has 1 saturated heterocycles. The molecule has 3 aromatic rings. The maximum absolute atomic E-state index is 13.4. The molecule has 0 saturated carbocycles. The molecular weight excluding hydrogens is 409 g/mol. The molecule has 0 unspecified atom stereocenters. The average Bonchev–Trinajstić information content (AvgIpc) is 3.32. The molecule has 1 fully saturated rings. The van der Waals surface area contributed by atoms with E-state index in [1.807, 2.05) is 41.3 Å². The Morgan fingerprint density at radius 1 is 1.17 bits per heavy atom. The summed E-state index contributed by atoms with van der Waals surface area (Å²) in [5.74, 6) is 0.840. The summed E-state index contributed by atoms with van der Waals surface area (Å²) in [5.41, 5.74) is 8.89. The molecule has 2 atom stereocenters. The first-order valence-corrected chi connectivity index (χ1v) is 9.73. The van der Waals surface area contributed by atoms with Crippen LogP contribution in [0.5, 0.6) is 0 Å². The van der Waals surface area contributed by atoms with Gasteiger partial charge in [0.2, 0.25) is 0 Å². The lowest BCUT2D eigenvalue weighted by Gasteiger charge is -2.17. The van der Waals surface area contributed by atoms with Gasteiger partial charge in [0.25, 0.3) is 5.91 Å². The van der Waals surface area contributed by atoms with Crippen molar-refractivity contribution >= 4 is 29.9 Å². The largest absolute Gasteiger partial charge is 0.360 e. The zero-order valence-electron chi connectivity index (χ0n) is 16.0. The molecule has 29 heavy (non-hydrogen) atoms. The van der Waals surface area contributed by atoms with Crippen LogP contribution in [-0.2, 0) is 0 Å². The smallest absolute Gasteiger partial charge is 0.259 e. The van der Waals surface area contributed by atoms with E-state index in [9.17, 15) is 4.79 Å². The van der Waals surface area contributed by atoms with Crippen molar-refractivity contribution in [2.45, 2.75) is 12.8 Å². The molecule has 7 heteroatoms. The Balaban J connectivity index is 0.00000240. The SMILES string of the molecule is Cc1onc(-c2ccccc2Cl)c1C(=O)N1C[C@@H](CN)[C@H](c2ccccc2)C1.Cl. The molecule has 1 aromatic heterocycles. The van der Waals surface area contributed by atoms with E-state index in [1.165, 1.54) is 5.56 Å². The lowest BCUT2D eigenvalue weighted by molar-refractivity contribution is 0.0785. The number of benzene rings is 2. The number of hydrogen-bond donors (Lipinski definition) is 1. The third-order valence-electron chi connectivity index (χ3n) is 5.46. The van der Waals surface area contributed by atoms with Gasteiger partial charge in [-0.2, -0.15) is 0 Å². The highest BCUT2D eigenvalue weighted by atomic mass is 35.5. The fourth-order valence-corrected chi connectivity index (χ4v) is 4.20. The van der Waals surface area contributed by atoms with Crippen molar-refractivity contribution in [1.29, 1.82) is 0 Å². The minimum atomic E-state index is -0.0921. The molecule has 4 rings (SSSR count). The number of nitrogens with zero attached hydrogens (tertiary/aromatic N) is 2. The van der Waals surface area contributed by atoms with E-state index in [4.69, 9.17) is 21.9 Å². The number of amides is 1. The Hall–Kier alpha value is -2.34. The van der Waals surface area contributed by atoms with Crippen molar-refractivity contribution in [3.05, 3.63) is 76.5 Å². The van der Waals surface area contributed by atoms with Crippen LogP contribution in [0.3, 0.4) is 0 Å². The van der Waals surface area contributed by atoms with Crippen molar-refractivity contribution in [2.24, 2.45) is 11.7 Å². The summed E-state index contributed by atoms with van der Waals surface area (Å²) in [4.78, 5) is 15.3. The average molecular weight is 432 g/mol. The molecule has 0 bridgehead atoms. The van der Waals surface area contributed by atoms with E-state index in [2.05, 4.69) is 17.3 Å². The van der Waals surface area contributed by atoms with Crippen molar-refractivity contribution in [2.75, 3.05) is 19.6 Å². The van der Waals surface area contributed by atoms with Crippen LogP contribution in [0, 0.1) is 12.8 Å². The second-order valence-electron chi connectivity index (χ2n) is 7.17. The van der Waals surface area contributed by atoms with Gasteiger partial charge in [-0.15, -0.1) is 12.4 Å². The zero-order valence-corrected chi connectivity index (χ0v) is 17.6. The summed E-state index contributed by atoms with van der Waals surface area (Å²) in [6, 6.07) is 17.6. The van der Waals surface area contributed by atoms with Gasteiger partial charge in [-0.05, 0) is 31.0 Å².